The number of amides is 1. The lowest BCUT2D eigenvalue weighted by molar-refractivity contribution is -0.119. The number of benzene rings is 1. The molecule has 0 bridgehead atoms. The molecule has 26 heavy (non-hydrogen) atoms. The van der Waals surface area contributed by atoms with E-state index in [0.29, 0.717) is 24.5 Å². The highest BCUT2D eigenvalue weighted by Crippen LogP contribution is 2.23. The SMILES string of the molecule is CCN(CC)S(=O)(=O)c1c(C)nn(CC(=O)N(C)c2ccccc2)c1C. The Morgan fingerprint density at radius 2 is 1.69 bits per heavy atom. The molecule has 0 aliphatic rings. The molecule has 1 aromatic heterocycles. The Hall–Kier alpha value is -2.19. The molecule has 0 unspecified atom stereocenters. The molecule has 142 valence electrons. The largest absolute Gasteiger partial charge is 0.314 e. The second-order valence-corrected chi connectivity index (χ2v) is 7.91. The number of sulfonamides is 1. The predicted octanol–water partition coefficient (Wildman–Crippen LogP) is 2.19. The third-order valence-electron chi connectivity index (χ3n) is 4.42. The third kappa shape index (κ3) is 3.81. The average Bonchev–Trinajstić information content (AvgIpc) is 2.89. The van der Waals surface area contributed by atoms with Crippen LogP contribution in [0, 0.1) is 13.8 Å². The van der Waals surface area contributed by atoms with Crippen molar-refractivity contribution in [3.63, 3.8) is 0 Å². The molecule has 0 N–H and O–H groups in total. The van der Waals surface area contributed by atoms with Gasteiger partial charge >= 0.3 is 0 Å². The van der Waals surface area contributed by atoms with Crippen LogP contribution in [0.2, 0.25) is 0 Å². The van der Waals surface area contributed by atoms with Crippen molar-refractivity contribution in [3.05, 3.63) is 41.7 Å². The number of rotatable bonds is 7. The first-order valence-corrected chi connectivity index (χ1v) is 10.0. The lowest BCUT2D eigenvalue weighted by atomic mass is 10.3. The summed E-state index contributed by atoms with van der Waals surface area (Å²) >= 11 is 0. The zero-order chi connectivity index (χ0) is 19.5. The normalized spacial score (nSPS) is 11.8. The van der Waals surface area contributed by atoms with Crippen LogP contribution in [-0.4, -0.2) is 48.5 Å². The lowest BCUT2D eigenvalue weighted by Crippen LogP contribution is -2.32. The van der Waals surface area contributed by atoms with E-state index in [1.165, 1.54) is 13.9 Å². The minimum Gasteiger partial charge on any atom is -0.314 e. The molecule has 8 heteroatoms. The number of aromatic nitrogens is 2. The smallest absolute Gasteiger partial charge is 0.248 e. The predicted molar refractivity (Wildman–Crippen MR) is 102 cm³/mol. The molecule has 0 saturated heterocycles. The number of carbonyl (C=O) groups excluding carboxylic acids is 1. The van der Waals surface area contributed by atoms with E-state index in [0.717, 1.165) is 5.69 Å². The molecule has 2 aromatic rings. The Morgan fingerprint density at radius 3 is 2.23 bits per heavy atom. The van der Waals surface area contributed by atoms with E-state index < -0.39 is 10.0 Å². The fourth-order valence-corrected chi connectivity index (χ4v) is 4.76. The van der Waals surface area contributed by atoms with Crippen molar-refractivity contribution < 1.29 is 13.2 Å². The maximum absolute atomic E-state index is 12.9. The molecule has 1 aromatic carbocycles. The number of hydrogen-bond acceptors (Lipinski definition) is 4. The molecule has 0 aliphatic carbocycles. The van der Waals surface area contributed by atoms with Gasteiger partial charge in [0.1, 0.15) is 11.4 Å². The van der Waals surface area contributed by atoms with Gasteiger partial charge in [0.15, 0.2) is 0 Å². The Labute approximate surface area is 155 Å². The van der Waals surface area contributed by atoms with Crippen molar-refractivity contribution in [1.82, 2.24) is 14.1 Å². The molecule has 1 heterocycles. The van der Waals surface area contributed by atoms with Gasteiger partial charge in [-0.3, -0.25) is 9.48 Å². The van der Waals surface area contributed by atoms with Crippen LogP contribution in [0.25, 0.3) is 0 Å². The summed E-state index contributed by atoms with van der Waals surface area (Å²) in [6, 6.07) is 9.28. The molecule has 1 amide bonds. The van der Waals surface area contributed by atoms with E-state index in [4.69, 9.17) is 0 Å². The minimum atomic E-state index is -3.62. The van der Waals surface area contributed by atoms with Crippen LogP contribution in [0.1, 0.15) is 25.2 Å². The summed E-state index contributed by atoms with van der Waals surface area (Å²) in [5.74, 6) is -0.173. The third-order valence-corrected chi connectivity index (χ3v) is 6.72. The zero-order valence-corrected chi connectivity index (χ0v) is 16.7. The molecular weight excluding hydrogens is 352 g/mol. The maximum Gasteiger partial charge on any atom is 0.248 e. The van der Waals surface area contributed by atoms with Gasteiger partial charge in [0.25, 0.3) is 0 Å². The molecule has 7 nitrogen and oxygen atoms in total. The highest BCUT2D eigenvalue weighted by atomic mass is 32.2. The van der Waals surface area contributed by atoms with Crippen LogP contribution in [0.5, 0.6) is 0 Å². The first kappa shape index (κ1) is 20.1. The van der Waals surface area contributed by atoms with Gasteiger partial charge in [0.05, 0.1) is 11.4 Å². The molecule has 0 saturated carbocycles. The van der Waals surface area contributed by atoms with Gasteiger partial charge in [-0.1, -0.05) is 32.0 Å². The summed E-state index contributed by atoms with van der Waals surface area (Å²) in [4.78, 5) is 14.3. The number of nitrogens with zero attached hydrogens (tertiary/aromatic N) is 4. The highest BCUT2D eigenvalue weighted by Gasteiger charge is 2.29. The van der Waals surface area contributed by atoms with Crippen LogP contribution < -0.4 is 4.90 Å². The highest BCUT2D eigenvalue weighted by molar-refractivity contribution is 7.89. The van der Waals surface area contributed by atoms with E-state index in [2.05, 4.69) is 5.10 Å². The van der Waals surface area contributed by atoms with Crippen LogP contribution in [0.3, 0.4) is 0 Å². The molecule has 2 rings (SSSR count). The lowest BCUT2D eigenvalue weighted by Gasteiger charge is -2.19. The van der Waals surface area contributed by atoms with Gasteiger partial charge < -0.3 is 4.90 Å². The Morgan fingerprint density at radius 1 is 1.12 bits per heavy atom. The van der Waals surface area contributed by atoms with Crippen molar-refractivity contribution in [3.8, 4) is 0 Å². The van der Waals surface area contributed by atoms with Gasteiger partial charge in [0.2, 0.25) is 15.9 Å². The minimum absolute atomic E-state index is 0.0220. The first-order chi connectivity index (χ1) is 12.2. The van der Waals surface area contributed by atoms with E-state index in [-0.39, 0.29) is 17.3 Å². The summed E-state index contributed by atoms with van der Waals surface area (Å²) in [6.45, 7) is 7.70. The molecule has 0 aliphatic heterocycles. The zero-order valence-electron chi connectivity index (χ0n) is 15.9. The van der Waals surface area contributed by atoms with Crippen LogP contribution >= 0.6 is 0 Å². The number of hydrogen-bond donors (Lipinski definition) is 0. The average molecular weight is 378 g/mol. The first-order valence-electron chi connectivity index (χ1n) is 8.59. The van der Waals surface area contributed by atoms with E-state index in [1.807, 2.05) is 30.3 Å². The second-order valence-electron chi connectivity index (χ2n) is 6.04. The van der Waals surface area contributed by atoms with Gasteiger partial charge in [0, 0.05) is 25.8 Å². The standard InChI is InChI=1S/C18H26N4O3S/c1-6-21(7-2)26(24,25)18-14(3)19-22(15(18)4)13-17(23)20(5)16-11-9-8-10-12-16/h8-12H,6-7,13H2,1-5H3. The van der Waals surface area contributed by atoms with Crippen LogP contribution in [0.15, 0.2) is 35.2 Å². The topological polar surface area (TPSA) is 75.5 Å². The summed E-state index contributed by atoms with van der Waals surface area (Å²) in [5.41, 5.74) is 1.66. The number of carbonyl (C=O) groups is 1. The molecule has 0 atom stereocenters. The molecule has 0 radical (unpaired) electrons. The summed E-state index contributed by atoms with van der Waals surface area (Å²) in [7, 11) is -1.93. The molecular formula is C18H26N4O3S. The summed E-state index contributed by atoms with van der Waals surface area (Å²) in [5, 5.41) is 4.31. The molecule has 0 fully saturated rings. The van der Waals surface area contributed by atoms with Crippen molar-refractivity contribution in [2.45, 2.75) is 39.1 Å². The van der Waals surface area contributed by atoms with E-state index in [1.54, 1.807) is 34.7 Å². The van der Waals surface area contributed by atoms with Gasteiger partial charge in [-0.15, -0.1) is 0 Å². The van der Waals surface area contributed by atoms with Gasteiger partial charge in [-0.25, -0.2) is 8.42 Å². The fourth-order valence-electron chi connectivity index (χ4n) is 2.93. The van der Waals surface area contributed by atoms with Crippen LogP contribution in [0.4, 0.5) is 5.69 Å². The number of aryl methyl sites for hydroxylation is 1. The quantitative estimate of drug-likeness (QED) is 0.740. The number of para-hydroxylation sites is 1. The van der Waals surface area contributed by atoms with Crippen molar-refractivity contribution >= 4 is 21.6 Å². The van der Waals surface area contributed by atoms with Crippen LogP contribution in [-0.2, 0) is 21.4 Å². The Bertz CT molecular complexity index is 871. The van der Waals surface area contributed by atoms with E-state index in [9.17, 15) is 13.2 Å². The van der Waals surface area contributed by atoms with Gasteiger partial charge in [-0.2, -0.15) is 9.40 Å². The van der Waals surface area contributed by atoms with Crippen molar-refractivity contribution in [1.29, 1.82) is 0 Å². The molecule has 0 spiro atoms. The van der Waals surface area contributed by atoms with Crippen molar-refractivity contribution in [2.75, 3.05) is 25.0 Å². The van der Waals surface area contributed by atoms with Crippen molar-refractivity contribution in [2.24, 2.45) is 0 Å². The fraction of sp³-hybridized carbons (Fsp3) is 0.444. The number of likely N-dealkylation sites (N-methyl/N-ethyl adjacent to an activating group) is 1. The maximum atomic E-state index is 12.9. The monoisotopic (exact) mass is 378 g/mol. The second kappa shape index (κ2) is 8.01. The summed E-state index contributed by atoms with van der Waals surface area (Å²) < 4.78 is 28.6. The van der Waals surface area contributed by atoms with Gasteiger partial charge in [-0.05, 0) is 26.0 Å². The van der Waals surface area contributed by atoms with E-state index >= 15 is 0 Å². The summed E-state index contributed by atoms with van der Waals surface area (Å²) in [6.07, 6.45) is 0. The number of anilines is 1. The Balaban J connectivity index is 2.32. The Kier molecular flexibility index (Phi) is 6.20.